The summed E-state index contributed by atoms with van der Waals surface area (Å²) >= 11 is 0. The molecule has 8 heteroatoms. The molecule has 1 aliphatic rings. The first-order chi connectivity index (χ1) is 14.0. The number of methoxy groups -OCH3 is 2. The monoisotopic (exact) mass is 420 g/mol. The first-order valence-electron chi connectivity index (χ1n) is 9.62. The van der Waals surface area contributed by atoms with Gasteiger partial charge in [0.25, 0.3) is 0 Å². The molecule has 29 heavy (non-hydrogen) atoms. The van der Waals surface area contributed by atoms with Gasteiger partial charge in [-0.05, 0) is 30.3 Å². The van der Waals surface area contributed by atoms with E-state index in [1.54, 1.807) is 38.5 Å². The minimum absolute atomic E-state index is 0.0222. The molecule has 0 unspecified atom stereocenters. The second-order valence-corrected chi connectivity index (χ2v) is 8.64. The molecule has 0 bridgehead atoms. The lowest BCUT2D eigenvalue weighted by molar-refractivity contribution is 0.131. The van der Waals surface area contributed by atoms with Gasteiger partial charge in [0, 0.05) is 44.8 Å². The lowest BCUT2D eigenvalue weighted by Gasteiger charge is -2.34. The van der Waals surface area contributed by atoms with E-state index < -0.39 is 10.1 Å². The number of piperazine rings is 1. The minimum atomic E-state index is -3.60. The van der Waals surface area contributed by atoms with Crippen molar-refractivity contribution in [1.82, 2.24) is 9.80 Å². The Hall–Kier alpha value is -2.29. The average Bonchev–Trinajstić information content (AvgIpc) is 2.73. The van der Waals surface area contributed by atoms with Gasteiger partial charge in [-0.1, -0.05) is 18.2 Å². The van der Waals surface area contributed by atoms with E-state index in [2.05, 4.69) is 9.80 Å². The zero-order valence-electron chi connectivity index (χ0n) is 16.9. The number of para-hydroxylation sites is 1. The van der Waals surface area contributed by atoms with E-state index in [-0.39, 0.29) is 5.75 Å². The summed E-state index contributed by atoms with van der Waals surface area (Å²) in [6, 6.07) is 14.4. The Balaban J connectivity index is 1.47. The Morgan fingerprint density at radius 2 is 1.55 bits per heavy atom. The Bertz CT molecular complexity index is 881. The van der Waals surface area contributed by atoms with E-state index >= 15 is 0 Å². The zero-order valence-corrected chi connectivity index (χ0v) is 17.7. The molecular weight excluding hydrogens is 392 g/mol. The molecule has 1 aliphatic heterocycles. The Morgan fingerprint density at radius 3 is 2.21 bits per heavy atom. The van der Waals surface area contributed by atoms with Gasteiger partial charge in [0.1, 0.15) is 17.2 Å². The maximum absolute atomic E-state index is 12.2. The first kappa shape index (κ1) is 21.4. The normalized spacial score (nSPS) is 15.8. The maximum Gasteiger partial charge on any atom is 0.310 e. The summed E-state index contributed by atoms with van der Waals surface area (Å²) in [5.74, 6) is 1.98. The maximum atomic E-state index is 12.2. The molecule has 7 nitrogen and oxygen atoms in total. The molecule has 3 rings (SSSR count). The summed E-state index contributed by atoms with van der Waals surface area (Å²) in [4.78, 5) is 4.49. The third kappa shape index (κ3) is 6.35. The van der Waals surface area contributed by atoms with Crippen LogP contribution in [0.1, 0.15) is 5.56 Å². The van der Waals surface area contributed by atoms with E-state index in [0.717, 1.165) is 49.8 Å². The molecular formula is C21H28N2O5S. The first-order valence-corrected chi connectivity index (χ1v) is 11.2. The second-order valence-electron chi connectivity index (χ2n) is 6.95. The molecule has 0 radical (unpaired) electrons. The zero-order chi connectivity index (χ0) is 20.7. The molecule has 0 spiro atoms. The molecule has 0 aromatic heterocycles. The van der Waals surface area contributed by atoms with Crippen molar-refractivity contribution < 1.29 is 22.1 Å². The van der Waals surface area contributed by atoms with Gasteiger partial charge in [0.05, 0.1) is 20.0 Å². The predicted molar refractivity (Wildman–Crippen MR) is 112 cm³/mol. The van der Waals surface area contributed by atoms with Crippen LogP contribution < -0.4 is 13.7 Å². The average molecular weight is 421 g/mol. The fourth-order valence-corrected chi connectivity index (χ4v) is 4.29. The Labute approximate surface area is 172 Å². The van der Waals surface area contributed by atoms with Crippen LogP contribution in [0.5, 0.6) is 17.2 Å². The van der Waals surface area contributed by atoms with Crippen molar-refractivity contribution >= 4 is 10.1 Å². The molecule has 1 heterocycles. The highest BCUT2D eigenvalue weighted by molar-refractivity contribution is 7.87. The van der Waals surface area contributed by atoms with Crippen LogP contribution in [-0.4, -0.2) is 70.9 Å². The van der Waals surface area contributed by atoms with Crippen LogP contribution in [0.2, 0.25) is 0 Å². The molecule has 2 aromatic carbocycles. The SMILES string of the molecule is COc1ccc(OC)c(CN2CCN(CCS(=O)(=O)Oc3ccccc3)CC2)c1. The van der Waals surface area contributed by atoms with Crippen LogP contribution >= 0.6 is 0 Å². The lowest BCUT2D eigenvalue weighted by atomic mass is 10.1. The highest BCUT2D eigenvalue weighted by Gasteiger charge is 2.21. The highest BCUT2D eigenvalue weighted by Crippen LogP contribution is 2.25. The molecule has 0 N–H and O–H groups in total. The summed E-state index contributed by atoms with van der Waals surface area (Å²) < 4.78 is 40.3. The van der Waals surface area contributed by atoms with E-state index in [1.807, 2.05) is 24.3 Å². The number of ether oxygens (including phenoxy) is 2. The van der Waals surface area contributed by atoms with Crippen molar-refractivity contribution in [2.45, 2.75) is 6.54 Å². The standard InChI is InChI=1S/C21H28N2O5S/c1-26-20-8-9-21(27-2)18(16-20)17-23-12-10-22(11-13-23)14-15-29(24,25)28-19-6-4-3-5-7-19/h3-9,16H,10-15,17H2,1-2H3. The third-order valence-corrected chi connectivity index (χ3v) is 6.10. The van der Waals surface area contributed by atoms with Crippen molar-refractivity contribution in [3.63, 3.8) is 0 Å². The van der Waals surface area contributed by atoms with Crippen molar-refractivity contribution in [1.29, 1.82) is 0 Å². The van der Waals surface area contributed by atoms with Gasteiger partial charge < -0.3 is 13.7 Å². The largest absolute Gasteiger partial charge is 0.497 e. The van der Waals surface area contributed by atoms with Gasteiger partial charge in [0.2, 0.25) is 0 Å². The molecule has 0 amide bonds. The van der Waals surface area contributed by atoms with Gasteiger partial charge in [-0.3, -0.25) is 9.80 Å². The van der Waals surface area contributed by atoms with E-state index in [0.29, 0.717) is 12.3 Å². The van der Waals surface area contributed by atoms with Crippen molar-refractivity contribution in [2.24, 2.45) is 0 Å². The fourth-order valence-electron chi connectivity index (χ4n) is 3.32. The van der Waals surface area contributed by atoms with E-state index in [4.69, 9.17) is 13.7 Å². The Morgan fingerprint density at radius 1 is 0.862 bits per heavy atom. The van der Waals surface area contributed by atoms with Gasteiger partial charge in [-0.15, -0.1) is 0 Å². The molecule has 0 aliphatic carbocycles. The van der Waals surface area contributed by atoms with Crippen molar-refractivity contribution in [3.8, 4) is 17.2 Å². The summed E-state index contributed by atoms with van der Waals surface area (Å²) in [6.07, 6.45) is 0. The summed E-state index contributed by atoms with van der Waals surface area (Å²) in [5, 5.41) is 0. The molecule has 158 valence electrons. The molecule has 0 saturated carbocycles. The minimum Gasteiger partial charge on any atom is -0.497 e. The summed E-state index contributed by atoms with van der Waals surface area (Å²) in [7, 11) is -0.278. The van der Waals surface area contributed by atoms with Crippen LogP contribution in [-0.2, 0) is 16.7 Å². The molecule has 0 atom stereocenters. The number of hydrogen-bond donors (Lipinski definition) is 0. The number of benzene rings is 2. The summed E-state index contributed by atoms with van der Waals surface area (Å²) in [6.45, 7) is 4.58. The number of nitrogens with zero attached hydrogens (tertiary/aromatic N) is 2. The second kappa shape index (κ2) is 9.96. The Kier molecular flexibility index (Phi) is 7.35. The van der Waals surface area contributed by atoms with Crippen LogP contribution in [0, 0.1) is 0 Å². The lowest BCUT2D eigenvalue weighted by Crippen LogP contribution is -2.47. The fraction of sp³-hybridized carbons (Fsp3) is 0.429. The van der Waals surface area contributed by atoms with Crippen molar-refractivity contribution in [2.75, 3.05) is 52.7 Å². The smallest absolute Gasteiger partial charge is 0.310 e. The van der Waals surface area contributed by atoms with Crippen LogP contribution in [0.15, 0.2) is 48.5 Å². The topological polar surface area (TPSA) is 68.3 Å². The molecule has 2 aromatic rings. The van der Waals surface area contributed by atoms with Gasteiger partial charge in [0.15, 0.2) is 0 Å². The number of rotatable bonds is 9. The summed E-state index contributed by atoms with van der Waals surface area (Å²) in [5.41, 5.74) is 1.08. The van der Waals surface area contributed by atoms with Gasteiger partial charge >= 0.3 is 10.1 Å². The third-order valence-electron chi connectivity index (χ3n) is 4.97. The van der Waals surface area contributed by atoms with E-state index in [9.17, 15) is 8.42 Å². The van der Waals surface area contributed by atoms with Crippen molar-refractivity contribution in [3.05, 3.63) is 54.1 Å². The molecule has 1 fully saturated rings. The van der Waals surface area contributed by atoms with Gasteiger partial charge in [-0.25, -0.2) is 0 Å². The van der Waals surface area contributed by atoms with Crippen LogP contribution in [0.3, 0.4) is 0 Å². The van der Waals surface area contributed by atoms with Gasteiger partial charge in [-0.2, -0.15) is 8.42 Å². The van der Waals surface area contributed by atoms with E-state index in [1.165, 1.54) is 0 Å². The molecule has 1 saturated heterocycles. The quantitative estimate of drug-likeness (QED) is 0.576. The van der Waals surface area contributed by atoms with Crippen LogP contribution in [0.4, 0.5) is 0 Å². The highest BCUT2D eigenvalue weighted by atomic mass is 32.2. The number of hydrogen-bond acceptors (Lipinski definition) is 7. The van der Waals surface area contributed by atoms with Crippen LogP contribution in [0.25, 0.3) is 0 Å². The predicted octanol–water partition coefficient (Wildman–Crippen LogP) is 2.23.